The Balaban J connectivity index is 1.65. The number of aliphatic hydroxyl groups excluding tert-OH is 1. The molecule has 0 bridgehead atoms. The lowest BCUT2D eigenvalue weighted by Gasteiger charge is -2.33. The Kier molecular flexibility index (Phi) is 7.07. The van der Waals surface area contributed by atoms with E-state index >= 15 is 0 Å². The van der Waals surface area contributed by atoms with Crippen molar-refractivity contribution >= 4 is 15.9 Å². The summed E-state index contributed by atoms with van der Waals surface area (Å²) >= 11 is 0. The Bertz CT molecular complexity index is 813. The average Bonchev–Trinajstić information content (AvgIpc) is 2.69. The molecule has 0 spiro atoms. The second-order valence-electron chi connectivity index (χ2n) is 7.57. The smallest absolute Gasteiger partial charge is 0.387 e. The Morgan fingerprint density at radius 3 is 2.62 bits per heavy atom. The molecule has 1 heterocycles. The molecule has 1 unspecified atom stereocenters. The number of halogens is 2. The van der Waals surface area contributed by atoms with Gasteiger partial charge in [-0.05, 0) is 50.7 Å². The Morgan fingerprint density at radius 2 is 1.93 bits per heavy atom. The maximum Gasteiger partial charge on any atom is 0.387 e. The van der Waals surface area contributed by atoms with Gasteiger partial charge < -0.3 is 15.2 Å². The van der Waals surface area contributed by atoms with Crippen molar-refractivity contribution in [3.8, 4) is 5.75 Å². The summed E-state index contributed by atoms with van der Waals surface area (Å²) in [6, 6.07) is 5.00. The molecule has 7 nitrogen and oxygen atoms in total. The SMILES string of the molecule is O=C(NC1CCC(O)CC1)C1CCCN(S(=O)(=O)c2cccc(OC(F)F)c2)C1. The van der Waals surface area contributed by atoms with Gasteiger partial charge in [0.2, 0.25) is 15.9 Å². The summed E-state index contributed by atoms with van der Waals surface area (Å²) in [5.41, 5.74) is 0. The predicted octanol–water partition coefficient (Wildman–Crippen LogP) is 2.11. The van der Waals surface area contributed by atoms with Crippen LogP contribution in [-0.4, -0.2) is 55.6 Å². The molecular formula is C19H26F2N2O5S. The molecule has 2 fully saturated rings. The van der Waals surface area contributed by atoms with Gasteiger partial charge >= 0.3 is 6.61 Å². The first-order valence-electron chi connectivity index (χ1n) is 9.79. The summed E-state index contributed by atoms with van der Waals surface area (Å²) in [5, 5.41) is 12.6. The zero-order valence-corrected chi connectivity index (χ0v) is 16.8. The lowest BCUT2D eigenvalue weighted by atomic mass is 9.92. The summed E-state index contributed by atoms with van der Waals surface area (Å²) in [4.78, 5) is 12.5. The van der Waals surface area contributed by atoms with Crippen molar-refractivity contribution < 1.29 is 31.8 Å². The Labute approximate surface area is 169 Å². The zero-order valence-electron chi connectivity index (χ0n) is 16.0. The number of nitrogens with zero attached hydrogens (tertiary/aromatic N) is 1. The largest absolute Gasteiger partial charge is 0.435 e. The summed E-state index contributed by atoms with van der Waals surface area (Å²) in [7, 11) is -3.93. The van der Waals surface area contributed by atoms with E-state index in [9.17, 15) is 27.1 Å². The molecule has 1 amide bonds. The molecule has 1 saturated carbocycles. The first-order valence-corrected chi connectivity index (χ1v) is 11.2. The Morgan fingerprint density at radius 1 is 1.21 bits per heavy atom. The van der Waals surface area contributed by atoms with Crippen LogP contribution in [0.3, 0.4) is 0 Å². The number of benzene rings is 1. The number of hydrogen-bond acceptors (Lipinski definition) is 5. The molecule has 3 rings (SSSR count). The molecule has 1 atom stereocenters. The minimum absolute atomic E-state index is 0.000982. The number of nitrogens with one attached hydrogen (secondary N) is 1. The number of sulfonamides is 1. The molecule has 2 aliphatic rings. The summed E-state index contributed by atoms with van der Waals surface area (Å²) in [6.07, 6.45) is 3.51. The van der Waals surface area contributed by atoms with E-state index in [0.717, 1.165) is 6.07 Å². The zero-order chi connectivity index (χ0) is 21.0. The van der Waals surface area contributed by atoms with Crippen molar-refractivity contribution in [1.82, 2.24) is 9.62 Å². The van der Waals surface area contributed by atoms with Gasteiger partial charge in [0.25, 0.3) is 0 Å². The van der Waals surface area contributed by atoms with E-state index in [-0.39, 0.29) is 41.8 Å². The van der Waals surface area contributed by atoms with E-state index in [4.69, 9.17) is 0 Å². The van der Waals surface area contributed by atoms with Gasteiger partial charge in [-0.15, -0.1) is 0 Å². The van der Waals surface area contributed by atoms with Crippen molar-refractivity contribution in [3.05, 3.63) is 24.3 Å². The summed E-state index contributed by atoms with van der Waals surface area (Å²) in [6.45, 7) is -2.73. The molecule has 1 saturated heterocycles. The van der Waals surface area contributed by atoms with Crippen molar-refractivity contribution in [2.45, 2.75) is 62.2 Å². The molecule has 29 heavy (non-hydrogen) atoms. The van der Waals surface area contributed by atoms with Crippen LogP contribution in [0.15, 0.2) is 29.2 Å². The van der Waals surface area contributed by atoms with E-state index in [0.29, 0.717) is 38.5 Å². The van der Waals surface area contributed by atoms with Gasteiger partial charge in [0.05, 0.1) is 16.9 Å². The van der Waals surface area contributed by atoms with E-state index < -0.39 is 22.6 Å². The van der Waals surface area contributed by atoms with Crippen LogP contribution in [0.5, 0.6) is 5.75 Å². The standard InChI is InChI=1S/C19H26F2N2O5S/c20-19(21)28-16-4-1-5-17(11-16)29(26,27)23-10-2-3-13(12-23)18(25)22-14-6-8-15(24)9-7-14/h1,4-5,11,13-15,19,24H,2-3,6-10,12H2,(H,22,25). The Hall–Kier alpha value is -1.78. The van der Waals surface area contributed by atoms with Crippen molar-refractivity contribution in [1.29, 1.82) is 0 Å². The molecule has 0 aromatic heterocycles. The minimum Gasteiger partial charge on any atom is -0.435 e. The molecule has 2 N–H and O–H groups in total. The second-order valence-corrected chi connectivity index (χ2v) is 9.51. The molecule has 162 valence electrons. The van der Waals surface area contributed by atoms with Crippen LogP contribution in [0, 0.1) is 5.92 Å². The third-order valence-electron chi connectivity index (χ3n) is 5.47. The first kappa shape index (κ1) is 21.9. The third kappa shape index (κ3) is 5.64. The molecule has 1 aliphatic carbocycles. The number of hydrogen-bond donors (Lipinski definition) is 2. The van der Waals surface area contributed by atoms with Crippen LogP contribution < -0.4 is 10.1 Å². The molecular weight excluding hydrogens is 406 g/mol. The maximum atomic E-state index is 12.9. The van der Waals surface area contributed by atoms with Crippen molar-refractivity contribution in [2.24, 2.45) is 5.92 Å². The number of piperidine rings is 1. The van der Waals surface area contributed by atoms with Gasteiger partial charge in [0, 0.05) is 25.2 Å². The normalized spacial score (nSPS) is 26.3. The highest BCUT2D eigenvalue weighted by molar-refractivity contribution is 7.89. The lowest BCUT2D eigenvalue weighted by molar-refractivity contribution is -0.127. The van der Waals surface area contributed by atoms with Gasteiger partial charge in [0.1, 0.15) is 5.75 Å². The number of carbonyl (C=O) groups is 1. The number of rotatable bonds is 6. The number of ether oxygens (including phenoxy) is 1. The molecule has 1 aliphatic heterocycles. The van der Waals surface area contributed by atoms with Crippen LogP contribution in [-0.2, 0) is 14.8 Å². The number of carbonyl (C=O) groups excluding carboxylic acids is 1. The van der Waals surface area contributed by atoms with Crippen LogP contribution >= 0.6 is 0 Å². The number of aliphatic hydroxyl groups is 1. The predicted molar refractivity (Wildman–Crippen MR) is 101 cm³/mol. The van der Waals surface area contributed by atoms with E-state index in [1.807, 2.05) is 0 Å². The fraction of sp³-hybridized carbons (Fsp3) is 0.632. The van der Waals surface area contributed by atoms with E-state index in [1.165, 1.54) is 22.5 Å². The van der Waals surface area contributed by atoms with Crippen LogP contribution in [0.4, 0.5) is 8.78 Å². The van der Waals surface area contributed by atoms with Crippen molar-refractivity contribution in [2.75, 3.05) is 13.1 Å². The third-order valence-corrected chi connectivity index (χ3v) is 7.33. The fourth-order valence-corrected chi connectivity index (χ4v) is 5.43. The highest BCUT2D eigenvalue weighted by Crippen LogP contribution is 2.27. The van der Waals surface area contributed by atoms with Gasteiger partial charge in [-0.1, -0.05) is 6.07 Å². The second kappa shape index (κ2) is 9.36. The van der Waals surface area contributed by atoms with Gasteiger partial charge in [-0.2, -0.15) is 13.1 Å². The van der Waals surface area contributed by atoms with Gasteiger partial charge in [0.15, 0.2) is 0 Å². The van der Waals surface area contributed by atoms with Gasteiger partial charge in [-0.3, -0.25) is 4.79 Å². The number of amides is 1. The average molecular weight is 432 g/mol. The summed E-state index contributed by atoms with van der Waals surface area (Å²) < 4.78 is 56.2. The number of alkyl halides is 2. The van der Waals surface area contributed by atoms with Crippen molar-refractivity contribution in [3.63, 3.8) is 0 Å². The quantitative estimate of drug-likeness (QED) is 0.718. The highest BCUT2D eigenvalue weighted by atomic mass is 32.2. The molecule has 1 aromatic carbocycles. The minimum atomic E-state index is -3.93. The van der Waals surface area contributed by atoms with E-state index in [2.05, 4.69) is 10.1 Å². The van der Waals surface area contributed by atoms with Gasteiger partial charge in [-0.25, -0.2) is 8.42 Å². The van der Waals surface area contributed by atoms with Crippen LogP contribution in [0.2, 0.25) is 0 Å². The monoisotopic (exact) mass is 432 g/mol. The fourth-order valence-electron chi connectivity index (χ4n) is 3.87. The maximum absolute atomic E-state index is 12.9. The highest BCUT2D eigenvalue weighted by Gasteiger charge is 2.34. The first-order chi connectivity index (χ1) is 13.8. The van der Waals surface area contributed by atoms with E-state index in [1.54, 1.807) is 0 Å². The van der Waals surface area contributed by atoms with Crippen LogP contribution in [0.1, 0.15) is 38.5 Å². The molecule has 10 heteroatoms. The molecule has 1 aromatic rings. The summed E-state index contributed by atoms with van der Waals surface area (Å²) in [5.74, 6) is -0.876. The molecule has 0 radical (unpaired) electrons. The topological polar surface area (TPSA) is 95.9 Å². The van der Waals surface area contributed by atoms with Crippen LogP contribution in [0.25, 0.3) is 0 Å². The lowest BCUT2D eigenvalue weighted by Crippen LogP contribution is -2.48.